The number of hydrogen-bond acceptors (Lipinski definition) is 4. The van der Waals surface area contributed by atoms with Crippen molar-refractivity contribution in [2.24, 2.45) is 0 Å². The van der Waals surface area contributed by atoms with Gasteiger partial charge in [-0.2, -0.15) is 0 Å². The van der Waals surface area contributed by atoms with Crippen molar-refractivity contribution in [1.29, 1.82) is 0 Å². The molecule has 0 saturated carbocycles. The second-order valence-electron chi connectivity index (χ2n) is 3.21. The van der Waals surface area contributed by atoms with Gasteiger partial charge in [-0.3, -0.25) is 0 Å². The van der Waals surface area contributed by atoms with Gasteiger partial charge in [0.05, 0.1) is 28.3 Å². The molecule has 0 aromatic carbocycles. The summed E-state index contributed by atoms with van der Waals surface area (Å²) >= 11 is 1.67. The Kier molecular flexibility index (Phi) is 2.68. The van der Waals surface area contributed by atoms with E-state index in [1.807, 2.05) is 26.0 Å². The maximum atomic E-state index is 5.23. The average molecular weight is 220 g/mol. The van der Waals surface area contributed by atoms with Crippen molar-refractivity contribution in [1.82, 2.24) is 9.97 Å². The molecule has 2 aromatic rings. The third-order valence-electron chi connectivity index (χ3n) is 2.11. The summed E-state index contributed by atoms with van der Waals surface area (Å²) in [6, 6.07) is 3.91. The van der Waals surface area contributed by atoms with Gasteiger partial charge < -0.3 is 4.74 Å². The van der Waals surface area contributed by atoms with Crippen LogP contribution < -0.4 is 4.74 Å². The second kappa shape index (κ2) is 3.98. The van der Waals surface area contributed by atoms with Gasteiger partial charge in [-0.25, -0.2) is 9.97 Å². The fourth-order valence-electron chi connectivity index (χ4n) is 1.51. The molecule has 3 nitrogen and oxygen atoms in total. The van der Waals surface area contributed by atoms with Gasteiger partial charge in [0.25, 0.3) is 0 Å². The van der Waals surface area contributed by atoms with Crippen molar-refractivity contribution in [3.63, 3.8) is 0 Å². The van der Waals surface area contributed by atoms with Gasteiger partial charge in [0.1, 0.15) is 0 Å². The number of pyridine rings is 1. The van der Waals surface area contributed by atoms with Crippen molar-refractivity contribution < 1.29 is 4.74 Å². The molecule has 15 heavy (non-hydrogen) atoms. The largest absolute Gasteiger partial charge is 0.481 e. The molecule has 0 amide bonds. The summed E-state index contributed by atoms with van der Waals surface area (Å²) < 4.78 is 5.23. The van der Waals surface area contributed by atoms with Gasteiger partial charge in [-0.15, -0.1) is 11.3 Å². The number of aromatic nitrogens is 2. The first kappa shape index (κ1) is 10.1. The monoisotopic (exact) mass is 220 g/mol. The smallest absolute Gasteiger partial charge is 0.221 e. The zero-order chi connectivity index (χ0) is 10.8. The molecule has 0 radical (unpaired) electrons. The molecule has 2 heterocycles. The summed E-state index contributed by atoms with van der Waals surface area (Å²) in [5.41, 5.74) is 2.05. The highest BCUT2D eigenvalue weighted by molar-refractivity contribution is 7.15. The maximum Gasteiger partial charge on any atom is 0.221 e. The average Bonchev–Trinajstić information content (AvgIpc) is 2.57. The molecule has 0 aliphatic carbocycles. The summed E-state index contributed by atoms with van der Waals surface area (Å²) in [6.45, 7) is 4.01. The van der Waals surface area contributed by atoms with E-state index < -0.39 is 0 Å². The van der Waals surface area contributed by atoms with Crippen molar-refractivity contribution in [2.75, 3.05) is 7.11 Å². The van der Waals surface area contributed by atoms with Gasteiger partial charge in [-0.1, -0.05) is 0 Å². The number of hydrogen-bond donors (Lipinski definition) is 0. The highest BCUT2D eigenvalue weighted by Crippen LogP contribution is 2.34. The van der Waals surface area contributed by atoms with Crippen LogP contribution in [0.25, 0.3) is 10.4 Å². The SMILES string of the molecule is COc1ncccc1-c1sc(C)nc1C. The molecule has 0 spiro atoms. The lowest BCUT2D eigenvalue weighted by Gasteiger charge is -2.04. The van der Waals surface area contributed by atoms with Crippen LogP contribution in [0.2, 0.25) is 0 Å². The number of aryl methyl sites for hydroxylation is 2. The zero-order valence-electron chi connectivity index (χ0n) is 8.94. The van der Waals surface area contributed by atoms with E-state index in [9.17, 15) is 0 Å². The topological polar surface area (TPSA) is 35.0 Å². The Morgan fingerprint density at radius 2 is 2.13 bits per heavy atom. The highest BCUT2D eigenvalue weighted by Gasteiger charge is 2.12. The van der Waals surface area contributed by atoms with E-state index in [1.54, 1.807) is 24.6 Å². The number of thiazole rings is 1. The molecule has 0 atom stereocenters. The van der Waals surface area contributed by atoms with Crippen LogP contribution in [0.4, 0.5) is 0 Å². The molecule has 0 fully saturated rings. The van der Waals surface area contributed by atoms with E-state index >= 15 is 0 Å². The zero-order valence-corrected chi connectivity index (χ0v) is 9.76. The van der Waals surface area contributed by atoms with Crippen LogP contribution in [-0.4, -0.2) is 17.1 Å². The summed E-state index contributed by atoms with van der Waals surface area (Å²) in [6.07, 6.45) is 1.73. The fourth-order valence-corrected chi connectivity index (χ4v) is 2.44. The van der Waals surface area contributed by atoms with Crippen LogP contribution in [-0.2, 0) is 0 Å². The van der Waals surface area contributed by atoms with Crippen molar-refractivity contribution >= 4 is 11.3 Å². The molecular formula is C11H12N2OS. The first-order valence-electron chi connectivity index (χ1n) is 4.65. The Hall–Kier alpha value is -1.42. The van der Waals surface area contributed by atoms with E-state index in [2.05, 4.69) is 9.97 Å². The number of nitrogens with zero attached hydrogens (tertiary/aromatic N) is 2. The van der Waals surface area contributed by atoms with Crippen molar-refractivity contribution in [3.05, 3.63) is 29.0 Å². The third kappa shape index (κ3) is 1.85. The Morgan fingerprint density at radius 1 is 1.33 bits per heavy atom. The first-order valence-corrected chi connectivity index (χ1v) is 5.47. The molecule has 0 bridgehead atoms. The molecule has 78 valence electrons. The fraction of sp³-hybridized carbons (Fsp3) is 0.273. The van der Waals surface area contributed by atoms with Crippen LogP contribution >= 0.6 is 11.3 Å². The van der Waals surface area contributed by atoms with Crippen LogP contribution in [0.15, 0.2) is 18.3 Å². The Balaban J connectivity index is 2.58. The van der Waals surface area contributed by atoms with Crippen LogP contribution in [0.1, 0.15) is 10.7 Å². The highest BCUT2D eigenvalue weighted by atomic mass is 32.1. The predicted octanol–water partition coefficient (Wildman–Crippen LogP) is 2.83. The van der Waals surface area contributed by atoms with Crippen LogP contribution in [0.5, 0.6) is 5.88 Å². The maximum absolute atomic E-state index is 5.23. The lowest BCUT2D eigenvalue weighted by Crippen LogP contribution is -1.90. The lowest BCUT2D eigenvalue weighted by atomic mass is 10.2. The molecule has 0 aliphatic heterocycles. The number of methoxy groups -OCH3 is 1. The summed E-state index contributed by atoms with van der Waals surface area (Å²) in [5.74, 6) is 0.657. The van der Waals surface area contributed by atoms with Crippen molar-refractivity contribution in [3.8, 4) is 16.3 Å². The van der Waals surface area contributed by atoms with Gasteiger partial charge >= 0.3 is 0 Å². The molecule has 2 aromatic heterocycles. The van der Waals surface area contributed by atoms with E-state index in [0.717, 1.165) is 21.1 Å². The van der Waals surface area contributed by atoms with E-state index in [1.165, 1.54) is 0 Å². The molecular weight excluding hydrogens is 208 g/mol. The standard InChI is InChI=1S/C11H12N2OS/c1-7-10(15-8(2)13-7)9-5-4-6-12-11(9)14-3/h4-6H,1-3H3. The van der Waals surface area contributed by atoms with Crippen LogP contribution in [0.3, 0.4) is 0 Å². The molecule has 0 unspecified atom stereocenters. The Bertz CT molecular complexity index is 479. The van der Waals surface area contributed by atoms with Crippen LogP contribution in [0, 0.1) is 13.8 Å². The minimum Gasteiger partial charge on any atom is -0.481 e. The predicted molar refractivity (Wildman–Crippen MR) is 61.4 cm³/mol. The summed E-state index contributed by atoms with van der Waals surface area (Å²) in [7, 11) is 1.63. The van der Waals surface area contributed by atoms with E-state index in [4.69, 9.17) is 4.74 Å². The molecule has 0 N–H and O–H groups in total. The molecule has 0 saturated heterocycles. The summed E-state index contributed by atoms with van der Waals surface area (Å²) in [5, 5.41) is 1.06. The minimum absolute atomic E-state index is 0.657. The lowest BCUT2D eigenvalue weighted by molar-refractivity contribution is 0.400. The number of rotatable bonds is 2. The molecule has 0 aliphatic rings. The molecule has 2 rings (SSSR count). The third-order valence-corrected chi connectivity index (χ3v) is 3.22. The summed E-state index contributed by atoms with van der Waals surface area (Å²) in [4.78, 5) is 9.72. The number of ether oxygens (including phenoxy) is 1. The van der Waals surface area contributed by atoms with Gasteiger partial charge in [-0.05, 0) is 26.0 Å². The van der Waals surface area contributed by atoms with Gasteiger partial charge in [0.15, 0.2) is 0 Å². The van der Waals surface area contributed by atoms with Gasteiger partial charge in [0.2, 0.25) is 5.88 Å². The molecule has 4 heteroatoms. The second-order valence-corrected chi connectivity index (χ2v) is 4.41. The normalized spacial score (nSPS) is 10.3. The van der Waals surface area contributed by atoms with Crippen molar-refractivity contribution in [2.45, 2.75) is 13.8 Å². The van der Waals surface area contributed by atoms with Gasteiger partial charge in [0, 0.05) is 6.20 Å². The first-order chi connectivity index (χ1) is 7.22. The van der Waals surface area contributed by atoms with E-state index in [-0.39, 0.29) is 0 Å². The Labute approximate surface area is 92.8 Å². The van der Waals surface area contributed by atoms with E-state index in [0.29, 0.717) is 5.88 Å². The minimum atomic E-state index is 0.657. The quantitative estimate of drug-likeness (QED) is 0.780. The Morgan fingerprint density at radius 3 is 2.73 bits per heavy atom.